The third-order valence-electron chi connectivity index (χ3n) is 3.60. The van der Waals surface area contributed by atoms with Gasteiger partial charge in [-0.2, -0.15) is 0 Å². The Morgan fingerprint density at radius 2 is 1.35 bits per heavy atom. The Bertz CT molecular complexity index is 187. The highest BCUT2D eigenvalue weighted by Crippen LogP contribution is 2.09. The van der Waals surface area contributed by atoms with Gasteiger partial charge in [0.25, 0.3) is 0 Å². The summed E-state index contributed by atoms with van der Waals surface area (Å²) in [6.45, 7) is 2.83. The molecule has 0 unspecified atom stereocenters. The Kier molecular flexibility index (Phi) is 16.2. The summed E-state index contributed by atoms with van der Waals surface area (Å²) in [5, 5.41) is 0. The second-order valence-electron chi connectivity index (χ2n) is 5.65. The van der Waals surface area contributed by atoms with Crippen LogP contribution in [-0.2, 0) is 9.53 Å². The number of carbonyl (C=O) groups is 1. The molecule has 0 saturated carbocycles. The van der Waals surface area contributed by atoms with Crippen molar-refractivity contribution in [3.8, 4) is 0 Å². The van der Waals surface area contributed by atoms with E-state index < -0.39 is 0 Å². The smallest absolute Gasteiger partial charge is 0.305 e. The Hall–Kier alpha value is -0.465. The van der Waals surface area contributed by atoms with Gasteiger partial charge in [-0.15, -0.1) is 0 Å². The van der Waals surface area contributed by atoms with Crippen LogP contribution in [0.4, 0.5) is 0 Å². The van der Waals surface area contributed by atoms with Crippen molar-refractivity contribution in [3.05, 3.63) is 0 Å². The molecule has 116 valence electrons. The van der Waals surface area contributed by atoms with Gasteiger partial charge in [0.15, 0.2) is 0 Å². The molecule has 0 aromatic carbocycles. The topological polar surface area (TPSA) is 26.3 Å². The Labute approximate surface area is 127 Å². The molecule has 0 saturated heterocycles. The van der Waals surface area contributed by atoms with Crippen molar-refractivity contribution in [1.82, 2.24) is 0 Å². The zero-order valence-electron chi connectivity index (χ0n) is 13.5. The van der Waals surface area contributed by atoms with Crippen LogP contribution in [0.25, 0.3) is 0 Å². The average Bonchev–Trinajstić information content (AvgIpc) is 2.45. The largest absolute Gasteiger partial charge is 0.466 e. The maximum Gasteiger partial charge on any atom is 0.305 e. The molecule has 0 bridgehead atoms. The van der Waals surface area contributed by atoms with E-state index >= 15 is 0 Å². The summed E-state index contributed by atoms with van der Waals surface area (Å²) < 4.78 is 5.23. The first-order valence-electron chi connectivity index (χ1n) is 8.67. The molecule has 0 aliphatic heterocycles. The van der Waals surface area contributed by atoms with Gasteiger partial charge in [0.05, 0.1) is 14.5 Å². The van der Waals surface area contributed by atoms with E-state index in [9.17, 15) is 4.79 Å². The van der Waals surface area contributed by atoms with E-state index in [-0.39, 0.29) is 5.97 Å². The van der Waals surface area contributed by atoms with Crippen molar-refractivity contribution >= 4 is 13.8 Å². The van der Waals surface area contributed by atoms with Crippen molar-refractivity contribution < 1.29 is 9.53 Å². The Balaban J connectivity index is 3.13. The summed E-state index contributed by atoms with van der Waals surface area (Å²) in [4.78, 5) is 11.5. The molecule has 0 aliphatic carbocycles. The van der Waals surface area contributed by atoms with Crippen LogP contribution in [0.2, 0.25) is 6.32 Å². The fourth-order valence-electron chi connectivity index (χ4n) is 2.26. The maximum atomic E-state index is 11.5. The average molecular weight is 280 g/mol. The molecule has 0 atom stereocenters. The lowest BCUT2D eigenvalue weighted by Crippen LogP contribution is -2.05. The Morgan fingerprint density at radius 1 is 0.800 bits per heavy atom. The standard InChI is InChI=1S/C17H33BO2/c1-2-3-4-5-6-8-11-14-17(19)20-16-13-10-7-9-12-15-18/h2-16H2,1H3. The molecule has 2 radical (unpaired) electrons. The molecule has 0 heterocycles. The van der Waals surface area contributed by atoms with Crippen LogP contribution in [0.15, 0.2) is 0 Å². The molecule has 3 heteroatoms. The van der Waals surface area contributed by atoms with Crippen LogP contribution >= 0.6 is 0 Å². The summed E-state index contributed by atoms with van der Waals surface area (Å²) in [7, 11) is 5.43. The number of unbranched alkanes of at least 4 members (excludes halogenated alkanes) is 10. The van der Waals surface area contributed by atoms with E-state index in [0.29, 0.717) is 13.0 Å². The fraction of sp³-hybridized carbons (Fsp3) is 0.941. The predicted octanol–water partition coefficient (Wildman–Crippen LogP) is 5.21. The van der Waals surface area contributed by atoms with Gasteiger partial charge in [-0.05, 0) is 12.8 Å². The molecule has 0 fully saturated rings. The normalized spacial score (nSPS) is 10.7. The molecule has 0 spiro atoms. The van der Waals surface area contributed by atoms with E-state index in [0.717, 1.165) is 38.4 Å². The van der Waals surface area contributed by atoms with Crippen LogP contribution < -0.4 is 0 Å². The lowest BCUT2D eigenvalue weighted by Gasteiger charge is -2.05. The highest BCUT2D eigenvalue weighted by atomic mass is 16.5. The zero-order valence-corrected chi connectivity index (χ0v) is 13.5. The minimum atomic E-state index is -0.0134. The summed E-state index contributed by atoms with van der Waals surface area (Å²) >= 11 is 0. The third kappa shape index (κ3) is 15.6. The van der Waals surface area contributed by atoms with Crippen molar-refractivity contribution in [2.75, 3.05) is 6.61 Å². The minimum absolute atomic E-state index is 0.0134. The molecule has 0 aromatic rings. The number of esters is 1. The summed E-state index contributed by atoms with van der Waals surface area (Å²) in [6, 6.07) is 0. The van der Waals surface area contributed by atoms with Gasteiger partial charge in [0, 0.05) is 6.42 Å². The quantitative estimate of drug-likeness (QED) is 0.234. The molecule has 0 amide bonds. The van der Waals surface area contributed by atoms with Gasteiger partial charge in [-0.1, -0.05) is 77.5 Å². The number of ether oxygens (including phenoxy) is 1. The lowest BCUT2D eigenvalue weighted by atomic mass is 9.99. The highest BCUT2D eigenvalue weighted by molar-refractivity contribution is 6.08. The van der Waals surface area contributed by atoms with E-state index in [2.05, 4.69) is 6.92 Å². The van der Waals surface area contributed by atoms with Crippen molar-refractivity contribution in [2.45, 2.75) is 96.7 Å². The van der Waals surface area contributed by atoms with Crippen LogP contribution in [-0.4, -0.2) is 20.4 Å². The van der Waals surface area contributed by atoms with Gasteiger partial charge in [-0.25, -0.2) is 0 Å². The van der Waals surface area contributed by atoms with Crippen LogP contribution in [0.3, 0.4) is 0 Å². The number of carbonyl (C=O) groups excluding carboxylic acids is 1. The van der Waals surface area contributed by atoms with Crippen molar-refractivity contribution in [2.24, 2.45) is 0 Å². The third-order valence-corrected chi connectivity index (χ3v) is 3.60. The number of hydrogen-bond donors (Lipinski definition) is 0. The van der Waals surface area contributed by atoms with E-state index in [1.807, 2.05) is 0 Å². The molecule has 0 aromatic heterocycles. The van der Waals surface area contributed by atoms with Gasteiger partial charge < -0.3 is 4.74 Å². The molecule has 0 rings (SSSR count). The molecule has 0 N–H and O–H groups in total. The van der Waals surface area contributed by atoms with Crippen molar-refractivity contribution in [3.63, 3.8) is 0 Å². The first kappa shape index (κ1) is 19.5. The molecular formula is C17H33BO2. The van der Waals surface area contributed by atoms with Crippen molar-refractivity contribution in [1.29, 1.82) is 0 Å². The summed E-state index contributed by atoms with van der Waals surface area (Å²) in [5.74, 6) is -0.0134. The summed E-state index contributed by atoms with van der Waals surface area (Å²) in [6.07, 6.45) is 15.7. The van der Waals surface area contributed by atoms with Crippen LogP contribution in [0.5, 0.6) is 0 Å². The zero-order chi connectivity index (χ0) is 14.9. The number of hydrogen-bond acceptors (Lipinski definition) is 2. The maximum absolute atomic E-state index is 11.5. The van der Waals surface area contributed by atoms with Crippen LogP contribution in [0, 0.1) is 0 Å². The second-order valence-corrected chi connectivity index (χ2v) is 5.65. The fourth-order valence-corrected chi connectivity index (χ4v) is 2.26. The predicted molar refractivity (Wildman–Crippen MR) is 87.2 cm³/mol. The van der Waals surface area contributed by atoms with Gasteiger partial charge in [0.2, 0.25) is 0 Å². The van der Waals surface area contributed by atoms with Crippen LogP contribution in [0.1, 0.15) is 90.4 Å². The highest BCUT2D eigenvalue weighted by Gasteiger charge is 2.02. The minimum Gasteiger partial charge on any atom is -0.466 e. The molecular weight excluding hydrogens is 247 g/mol. The second kappa shape index (κ2) is 16.6. The molecule has 0 aliphatic rings. The van der Waals surface area contributed by atoms with E-state index in [4.69, 9.17) is 12.6 Å². The lowest BCUT2D eigenvalue weighted by molar-refractivity contribution is -0.143. The Morgan fingerprint density at radius 3 is 2.00 bits per heavy atom. The molecule has 20 heavy (non-hydrogen) atoms. The SMILES string of the molecule is [B]CCCCCCCOC(=O)CCCCCCCCC. The van der Waals surface area contributed by atoms with Gasteiger partial charge in [0.1, 0.15) is 0 Å². The van der Waals surface area contributed by atoms with Gasteiger partial charge in [-0.3, -0.25) is 4.79 Å². The monoisotopic (exact) mass is 280 g/mol. The first-order valence-corrected chi connectivity index (χ1v) is 8.67. The van der Waals surface area contributed by atoms with E-state index in [1.54, 1.807) is 0 Å². The first-order chi connectivity index (χ1) is 9.81. The van der Waals surface area contributed by atoms with E-state index in [1.165, 1.54) is 44.9 Å². The van der Waals surface area contributed by atoms with Gasteiger partial charge >= 0.3 is 5.97 Å². The number of rotatable bonds is 15. The summed E-state index contributed by atoms with van der Waals surface area (Å²) in [5.41, 5.74) is 0. The molecule has 2 nitrogen and oxygen atoms in total.